The molecule has 0 atom stereocenters. The Hall–Kier alpha value is -3.16. The summed E-state index contributed by atoms with van der Waals surface area (Å²) >= 11 is 5.92. The van der Waals surface area contributed by atoms with Crippen molar-refractivity contribution in [3.8, 4) is 11.5 Å². The average Bonchev–Trinajstić information content (AvgIpc) is 3.15. The molecule has 1 aromatic heterocycles. The smallest absolute Gasteiger partial charge is 0.238 e. The molecule has 8 heteroatoms. The Morgan fingerprint density at radius 1 is 0.967 bits per heavy atom. The van der Waals surface area contributed by atoms with Gasteiger partial charge in [-0.3, -0.25) is 0 Å². The van der Waals surface area contributed by atoms with Crippen LogP contribution < -0.4 is 5.32 Å². The summed E-state index contributed by atoms with van der Waals surface area (Å²) in [5.41, 5.74) is 2.11. The van der Waals surface area contributed by atoms with E-state index in [4.69, 9.17) is 16.0 Å². The molecule has 4 rings (SSSR count). The molecule has 0 aliphatic carbocycles. The van der Waals surface area contributed by atoms with Gasteiger partial charge in [0.05, 0.1) is 4.90 Å². The molecule has 0 spiro atoms. The number of anilines is 2. The van der Waals surface area contributed by atoms with E-state index in [9.17, 15) is 12.8 Å². The predicted molar refractivity (Wildman–Crippen MR) is 113 cm³/mol. The van der Waals surface area contributed by atoms with E-state index in [1.54, 1.807) is 30.3 Å². The number of hydrogen-bond donors (Lipinski definition) is 1. The van der Waals surface area contributed by atoms with Gasteiger partial charge >= 0.3 is 0 Å². The number of aryl methyl sites for hydroxylation is 1. The van der Waals surface area contributed by atoms with Crippen molar-refractivity contribution in [3.63, 3.8) is 0 Å². The Bertz CT molecular complexity index is 1300. The Balaban J connectivity index is 1.85. The third-order valence-corrected chi connectivity index (χ3v) is 6.38. The van der Waals surface area contributed by atoms with E-state index >= 15 is 0 Å². The molecule has 0 saturated carbocycles. The van der Waals surface area contributed by atoms with Crippen LogP contribution in [0.4, 0.5) is 16.0 Å². The predicted octanol–water partition coefficient (Wildman–Crippen LogP) is 6.02. The summed E-state index contributed by atoms with van der Waals surface area (Å²) in [6, 6.07) is 18.6. The summed E-state index contributed by atoms with van der Waals surface area (Å²) in [5, 5.41) is 3.21. The van der Waals surface area contributed by atoms with Crippen LogP contribution in [-0.4, -0.2) is 13.4 Å². The maximum absolute atomic E-state index is 13.3. The van der Waals surface area contributed by atoms with Gasteiger partial charge in [0.2, 0.25) is 26.6 Å². The molecule has 0 fully saturated rings. The summed E-state index contributed by atoms with van der Waals surface area (Å²) in [6.45, 7) is 1.87. The molecule has 0 aliphatic rings. The minimum Gasteiger partial charge on any atom is -0.419 e. The molecule has 1 heterocycles. The number of benzene rings is 3. The van der Waals surface area contributed by atoms with E-state index in [1.807, 2.05) is 25.1 Å². The highest BCUT2D eigenvalue weighted by atomic mass is 35.5. The number of sulfone groups is 1. The van der Waals surface area contributed by atoms with Crippen LogP contribution in [-0.2, 0) is 9.84 Å². The van der Waals surface area contributed by atoms with Gasteiger partial charge in [0.25, 0.3) is 0 Å². The molecule has 30 heavy (non-hydrogen) atoms. The van der Waals surface area contributed by atoms with Crippen LogP contribution in [0.1, 0.15) is 5.56 Å². The van der Waals surface area contributed by atoms with Crippen molar-refractivity contribution in [3.05, 3.63) is 89.2 Å². The molecule has 3 aromatic carbocycles. The second-order valence-electron chi connectivity index (χ2n) is 6.56. The van der Waals surface area contributed by atoms with Crippen molar-refractivity contribution in [2.45, 2.75) is 16.8 Å². The standard InChI is InChI=1S/C22H16ClFN2O3S/c1-14-4-2-3-5-19(14)20-26-22(30(27,28)18-12-8-16(24)9-13-18)21(29-20)25-17-10-6-15(23)7-11-17/h2-13,25H,1H3. The average molecular weight is 443 g/mol. The third-order valence-electron chi connectivity index (χ3n) is 4.45. The maximum atomic E-state index is 13.3. The SMILES string of the molecule is Cc1ccccc1-c1nc(S(=O)(=O)c2ccc(F)cc2)c(Nc2ccc(Cl)cc2)o1. The lowest BCUT2D eigenvalue weighted by Gasteiger charge is -2.06. The van der Waals surface area contributed by atoms with Gasteiger partial charge in [0, 0.05) is 16.3 Å². The number of halogens is 2. The molecule has 0 amide bonds. The van der Waals surface area contributed by atoms with Crippen LogP contribution in [0.3, 0.4) is 0 Å². The minimum absolute atomic E-state index is 0.0418. The second-order valence-corrected chi connectivity index (χ2v) is 8.86. The Labute approximate surface area is 178 Å². The number of oxazole rings is 1. The van der Waals surface area contributed by atoms with Crippen molar-refractivity contribution in [2.24, 2.45) is 0 Å². The molecule has 1 N–H and O–H groups in total. The number of hydrogen-bond acceptors (Lipinski definition) is 5. The number of nitrogens with zero attached hydrogens (tertiary/aromatic N) is 1. The summed E-state index contributed by atoms with van der Waals surface area (Å²) < 4.78 is 45.6. The van der Waals surface area contributed by atoms with Crippen LogP contribution in [0.25, 0.3) is 11.5 Å². The first-order valence-corrected chi connectivity index (χ1v) is 10.8. The molecule has 0 unspecified atom stereocenters. The number of nitrogens with one attached hydrogen (secondary N) is 1. The van der Waals surface area contributed by atoms with Gasteiger partial charge in [-0.05, 0) is 67.1 Å². The highest BCUT2D eigenvalue weighted by molar-refractivity contribution is 7.91. The fourth-order valence-electron chi connectivity index (χ4n) is 2.89. The molecule has 5 nitrogen and oxygen atoms in total. The quantitative estimate of drug-likeness (QED) is 0.383. The van der Waals surface area contributed by atoms with Gasteiger partial charge in [-0.15, -0.1) is 0 Å². The second kappa shape index (κ2) is 7.93. The van der Waals surface area contributed by atoms with E-state index in [0.717, 1.165) is 17.7 Å². The first-order chi connectivity index (χ1) is 14.3. The summed E-state index contributed by atoms with van der Waals surface area (Å²) in [5.74, 6) is -0.417. The zero-order valence-corrected chi connectivity index (χ0v) is 17.3. The Morgan fingerprint density at radius 3 is 2.30 bits per heavy atom. The normalized spacial score (nSPS) is 11.4. The van der Waals surface area contributed by atoms with E-state index < -0.39 is 15.7 Å². The van der Waals surface area contributed by atoms with Crippen LogP contribution >= 0.6 is 11.6 Å². The molecule has 0 saturated heterocycles. The first-order valence-electron chi connectivity index (χ1n) is 8.95. The summed E-state index contributed by atoms with van der Waals surface area (Å²) in [6.07, 6.45) is 0. The van der Waals surface area contributed by atoms with Crippen molar-refractivity contribution in [1.82, 2.24) is 4.98 Å². The molecular weight excluding hydrogens is 427 g/mol. The fourth-order valence-corrected chi connectivity index (χ4v) is 4.27. The van der Waals surface area contributed by atoms with Gasteiger partial charge in [-0.25, -0.2) is 12.8 Å². The molecular formula is C22H16ClFN2O3S. The zero-order chi connectivity index (χ0) is 21.3. The van der Waals surface area contributed by atoms with E-state index in [1.165, 1.54) is 12.1 Å². The summed E-state index contributed by atoms with van der Waals surface area (Å²) in [4.78, 5) is 4.20. The van der Waals surface area contributed by atoms with Gasteiger partial charge in [-0.1, -0.05) is 29.8 Å². The van der Waals surface area contributed by atoms with E-state index in [0.29, 0.717) is 16.3 Å². The van der Waals surface area contributed by atoms with Crippen molar-refractivity contribution < 1.29 is 17.2 Å². The molecule has 152 valence electrons. The topological polar surface area (TPSA) is 72.2 Å². The molecule has 0 radical (unpaired) electrons. The summed E-state index contributed by atoms with van der Waals surface area (Å²) in [7, 11) is -4.07. The lowest BCUT2D eigenvalue weighted by molar-refractivity contribution is 0.581. The van der Waals surface area contributed by atoms with Crippen LogP contribution in [0.5, 0.6) is 0 Å². The van der Waals surface area contributed by atoms with Crippen LogP contribution in [0.2, 0.25) is 5.02 Å². The highest BCUT2D eigenvalue weighted by Crippen LogP contribution is 2.35. The van der Waals surface area contributed by atoms with Gasteiger partial charge < -0.3 is 9.73 Å². The first kappa shape index (κ1) is 20.1. The maximum Gasteiger partial charge on any atom is 0.238 e. The third kappa shape index (κ3) is 3.94. The van der Waals surface area contributed by atoms with E-state index in [-0.39, 0.29) is 21.7 Å². The number of rotatable bonds is 5. The van der Waals surface area contributed by atoms with E-state index in [2.05, 4.69) is 10.3 Å². The molecule has 4 aromatic rings. The largest absolute Gasteiger partial charge is 0.419 e. The molecule has 0 bridgehead atoms. The van der Waals surface area contributed by atoms with Crippen molar-refractivity contribution in [2.75, 3.05) is 5.32 Å². The highest BCUT2D eigenvalue weighted by Gasteiger charge is 2.29. The molecule has 0 aliphatic heterocycles. The minimum atomic E-state index is -4.07. The lowest BCUT2D eigenvalue weighted by atomic mass is 10.1. The van der Waals surface area contributed by atoms with Gasteiger partial charge in [0.15, 0.2) is 0 Å². The number of aromatic nitrogens is 1. The lowest BCUT2D eigenvalue weighted by Crippen LogP contribution is -2.05. The fraction of sp³-hybridized carbons (Fsp3) is 0.0455. The van der Waals surface area contributed by atoms with Gasteiger partial charge in [-0.2, -0.15) is 4.98 Å². The Morgan fingerprint density at radius 2 is 1.63 bits per heavy atom. The van der Waals surface area contributed by atoms with Crippen LogP contribution in [0, 0.1) is 12.7 Å². The van der Waals surface area contributed by atoms with Crippen LogP contribution in [0.15, 0.2) is 87.1 Å². The van der Waals surface area contributed by atoms with Crippen molar-refractivity contribution in [1.29, 1.82) is 0 Å². The van der Waals surface area contributed by atoms with Crippen molar-refractivity contribution >= 4 is 33.0 Å². The zero-order valence-electron chi connectivity index (χ0n) is 15.8. The Kier molecular flexibility index (Phi) is 5.32. The monoisotopic (exact) mass is 442 g/mol. The van der Waals surface area contributed by atoms with Gasteiger partial charge in [0.1, 0.15) is 5.82 Å².